The predicted molar refractivity (Wildman–Crippen MR) is 97.8 cm³/mol. The molecule has 2 N–H and O–H groups in total. The molecular formula is C21H19N. The third-order valence-electron chi connectivity index (χ3n) is 3.85. The number of fused-ring (bicyclic) bond motifs is 3. The molecule has 0 radical (unpaired) electrons. The SMILES string of the molecule is C=C/C(=C\C=C/CN)c1cc2ccccc2c2ccccc12. The zero-order valence-corrected chi connectivity index (χ0v) is 12.5. The van der Waals surface area contributed by atoms with Gasteiger partial charge in [-0.25, -0.2) is 0 Å². The Morgan fingerprint density at radius 1 is 0.955 bits per heavy atom. The standard InChI is InChI=1S/C21H19N/c1-2-16(9-7-8-14-22)21-15-17-10-3-4-11-18(17)19-12-5-6-13-20(19)21/h2-13,15H,1,14,22H2/b8-7-,16-9+. The second kappa shape index (κ2) is 6.42. The van der Waals surface area contributed by atoms with Crippen LogP contribution in [0, 0.1) is 0 Å². The fourth-order valence-corrected chi connectivity index (χ4v) is 2.81. The summed E-state index contributed by atoms with van der Waals surface area (Å²) in [5, 5.41) is 5.04. The Hall–Kier alpha value is -2.64. The van der Waals surface area contributed by atoms with E-state index in [0.717, 1.165) is 5.57 Å². The van der Waals surface area contributed by atoms with Gasteiger partial charge in [-0.2, -0.15) is 0 Å². The largest absolute Gasteiger partial charge is 0.327 e. The maximum absolute atomic E-state index is 5.52. The molecule has 0 unspecified atom stereocenters. The van der Waals surface area contributed by atoms with Crippen molar-refractivity contribution in [1.29, 1.82) is 0 Å². The highest BCUT2D eigenvalue weighted by molar-refractivity contribution is 6.12. The lowest BCUT2D eigenvalue weighted by Gasteiger charge is -2.11. The number of hydrogen-bond donors (Lipinski definition) is 1. The van der Waals surface area contributed by atoms with E-state index in [1.54, 1.807) is 0 Å². The fraction of sp³-hybridized carbons (Fsp3) is 0.0476. The van der Waals surface area contributed by atoms with Gasteiger partial charge in [0.25, 0.3) is 0 Å². The van der Waals surface area contributed by atoms with Crippen LogP contribution in [0.1, 0.15) is 5.56 Å². The number of benzene rings is 3. The molecule has 1 nitrogen and oxygen atoms in total. The Morgan fingerprint density at radius 3 is 2.36 bits per heavy atom. The lowest BCUT2D eigenvalue weighted by atomic mass is 9.93. The van der Waals surface area contributed by atoms with Crippen LogP contribution in [0.4, 0.5) is 0 Å². The Labute approximate surface area is 131 Å². The van der Waals surface area contributed by atoms with Crippen molar-refractivity contribution in [3.05, 3.63) is 91.0 Å². The minimum atomic E-state index is 0.541. The Kier molecular flexibility index (Phi) is 4.17. The summed E-state index contributed by atoms with van der Waals surface area (Å²) < 4.78 is 0. The van der Waals surface area contributed by atoms with E-state index in [2.05, 4.69) is 67.3 Å². The molecule has 108 valence electrons. The van der Waals surface area contributed by atoms with Crippen molar-refractivity contribution in [3.8, 4) is 0 Å². The van der Waals surface area contributed by atoms with Crippen LogP contribution in [0.5, 0.6) is 0 Å². The predicted octanol–water partition coefficient (Wildman–Crippen LogP) is 5.08. The molecule has 0 aliphatic heterocycles. The molecular weight excluding hydrogens is 266 g/mol. The molecule has 0 bridgehead atoms. The van der Waals surface area contributed by atoms with Gasteiger partial charge in [-0.3, -0.25) is 0 Å². The first-order chi connectivity index (χ1) is 10.8. The van der Waals surface area contributed by atoms with E-state index in [1.807, 2.05) is 18.2 Å². The Bertz CT molecular complexity index is 885. The van der Waals surface area contributed by atoms with E-state index >= 15 is 0 Å². The van der Waals surface area contributed by atoms with Gasteiger partial charge in [0.05, 0.1) is 0 Å². The van der Waals surface area contributed by atoms with Crippen LogP contribution in [0.3, 0.4) is 0 Å². The summed E-state index contributed by atoms with van der Waals surface area (Å²) in [7, 11) is 0. The van der Waals surface area contributed by atoms with Crippen molar-refractivity contribution >= 4 is 27.1 Å². The molecule has 3 rings (SSSR count). The maximum Gasteiger partial charge on any atom is 0.0109 e. The molecule has 0 aromatic heterocycles. The van der Waals surface area contributed by atoms with E-state index in [0.29, 0.717) is 6.54 Å². The summed E-state index contributed by atoms with van der Waals surface area (Å²) in [5.74, 6) is 0. The van der Waals surface area contributed by atoms with Gasteiger partial charge in [-0.1, -0.05) is 79.4 Å². The molecule has 0 amide bonds. The van der Waals surface area contributed by atoms with Gasteiger partial charge in [-0.15, -0.1) is 0 Å². The third kappa shape index (κ3) is 2.59. The van der Waals surface area contributed by atoms with E-state index in [9.17, 15) is 0 Å². The smallest absolute Gasteiger partial charge is 0.0109 e. The van der Waals surface area contributed by atoms with Gasteiger partial charge < -0.3 is 5.73 Å². The molecule has 0 saturated carbocycles. The maximum atomic E-state index is 5.52. The number of hydrogen-bond acceptors (Lipinski definition) is 1. The summed E-state index contributed by atoms with van der Waals surface area (Å²) in [6.45, 7) is 4.51. The Balaban J connectivity index is 2.33. The van der Waals surface area contributed by atoms with Gasteiger partial charge in [0.1, 0.15) is 0 Å². The molecule has 3 aromatic rings. The van der Waals surface area contributed by atoms with Gasteiger partial charge in [0.15, 0.2) is 0 Å². The van der Waals surface area contributed by atoms with Gasteiger partial charge in [0.2, 0.25) is 0 Å². The summed E-state index contributed by atoms with van der Waals surface area (Å²) >= 11 is 0. The molecule has 0 saturated heterocycles. The van der Waals surface area contributed by atoms with Crippen LogP contribution in [0.15, 0.2) is 85.5 Å². The average Bonchev–Trinajstić information content (AvgIpc) is 2.58. The lowest BCUT2D eigenvalue weighted by molar-refractivity contribution is 1.25. The molecule has 3 aromatic carbocycles. The van der Waals surface area contributed by atoms with Crippen LogP contribution in [0.2, 0.25) is 0 Å². The Morgan fingerprint density at radius 2 is 1.64 bits per heavy atom. The van der Waals surface area contributed by atoms with Crippen LogP contribution in [-0.4, -0.2) is 6.54 Å². The minimum Gasteiger partial charge on any atom is -0.327 e. The summed E-state index contributed by atoms with van der Waals surface area (Å²) in [6, 6.07) is 19.2. The first-order valence-electron chi connectivity index (χ1n) is 7.45. The summed E-state index contributed by atoms with van der Waals surface area (Å²) in [4.78, 5) is 0. The van der Waals surface area contributed by atoms with Crippen molar-refractivity contribution in [1.82, 2.24) is 0 Å². The molecule has 22 heavy (non-hydrogen) atoms. The molecule has 0 aliphatic carbocycles. The second-order valence-corrected chi connectivity index (χ2v) is 5.18. The van der Waals surface area contributed by atoms with Crippen molar-refractivity contribution < 1.29 is 0 Å². The van der Waals surface area contributed by atoms with Crippen LogP contribution < -0.4 is 5.73 Å². The zero-order chi connectivity index (χ0) is 15.4. The normalized spacial score (nSPS) is 12.3. The van der Waals surface area contributed by atoms with Crippen LogP contribution in [0.25, 0.3) is 27.1 Å². The quantitative estimate of drug-likeness (QED) is 0.525. The van der Waals surface area contributed by atoms with Crippen molar-refractivity contribution in [2.75, 3.05) is 6.54 Å². The highest BCUT2D eigenvalue weighted by Gasteiger charge is 2.07. The van der Waals surface area contributed by atoms with Crippen molar-refractivity contribution in [3.63, 3.8) is 0 Å². The van der Waals surface area contributed by atoms with Crippen LogP contribution >= 0.6 is 0 Å². The molecule has 0 aliphatic rings. The fourth-order valence-electron chi connectivity index (χ4n) is 2.81. The monoisotopic (exact) mass is 285 g/mol. The van der Waals surface area contributed by atoms with Crippen LogP contribution in [-0.2, 0) is 0 Å². The average molecular weight is 285 g/mol. The highest BCUT2D eigenvalue weighted by Crippen LogP contribution is 2.32. The van der Waals surface area contributed by atoms with E-state index in [4.69, 9.17) is 5.73 Å². The topological polar surface area (TPSA) is 26.0 Å². The van der Waals surface area contributed by atoms with Gasteiger partial charge in [-0.05, 0) is 38.7 Å². The second-order valence-electron chi connectivity index (χ2n) is 5.18. The minimum absolute atomic E-state index is 0.541. The summed E-state index contributed by atoms with van der Waals surface area (Å²) in [5.41, 5.74) is 7.82. The molecule has 1 heteroatoms. The van der Waals surface area contributed by atoms with Gasteiger partial charge in [0, 0.05) is 6.54 Å². The first-order valence-corrected chi connectivity index (χ1v) is 7.45. The van der Waals surface area contributed by atoms with E-state index < -0.39 is 0 Å². The number of nitrogens with two attached hydrogens (primary N) is 1. The first kappa shape index (κ1) is 14.3. The van der Waals surface area contributed by atoms with E-state index in [1.165, 1.54) is 27.1 Å². The number of rotatable bonds is 4. The van der Waals surface area contributed by atoms with Gasteiger partial charge >= 0.3 is 0 Å². The molecule has 0 spiro atoms. The third-order valence-corrected chi connectivity index (χ3v) is 3.85. The molecule has 0 fully saturated rings. The van der Waals surface area contributed by atoms with E-state index in [-0.39, 0.29) is 0 Å². The number of allylic oxidation sites excluding steroid dienone is 4. The molecule has 0 atom stereocenters. The lowest BCUT2D eigenvalue weighted by Crippen LogP contribution is -1.91. The molecule has 0 heterocycles. The zero-order valence-electron chi connectivity index (χ0n) is 12.5. The summed E-state index contributed by atoms with van der Waals surface area (Å²) in [6.07, 6.45) is 7.89. The van der Waals surface area contributed by atoms with Crippen molar-refractivity contribution in [2.45, 2.75) is 0 Å². The highest BCUT2D eigenvalue weighted by atomic mass is 14.5. The van der Waals surface area contributed by atoms with Crippen molar-refractivity contribution in [2.24, 2.45) is 5.73 Å².